The van der Waals surface area contributed by atoms with Crippen LogP contribution >= 0.6 is 11.6 Å². The summed E-state index contributed by atoms with van der Waals surface area (Å²) in [6.45, 7) is 7.15. The third kappa shape index (κ3) is 4.42. The summed E-state index contributed by atoms with van der Waals surface area (Å²) in [5.41, 5.74) is 7.23. The first-order valence-electron chi connectivity index (χ1n) is 8.83. The first-order chi connectivity index (χ1) is 11.5. The van der Waals surface area contributed by atoms with Gasteiger partial charge in [0.2, 0.25) is 0 Å². The van der Waals surface area contributed by atoms with Gasteiger partial charge >= 0.3 is 0 Å². The number of nitrogen functional groups attached to an aromatic ring is 1. The standard InChI is InChI=1S/C19H29ClN2O2/c1-4-5-8-22-9-6-14(7-10-22)19(13(2)23)15-11-16(20)17(21)12-18(15)24-3/h11-12,14,19H,4-10,21H2,1-3H3. The Morgan fingerprint density at radius 3 is 2.62 bits per heavy atom. The number of carbonyl (C=O) groups excluding carboxylic acids is 1. The smallest absolute Gasteiger partial charge is 0.137 e. The van der Waals surface area contributed by atoms with Gasteiger partial charge in [0, 0.05) is 17.5 Å². The molecule has 134 valence electrons. The summed E-state index contributed by atoms with van der Waals surface area (Å²) in [5.74, 6) is 0.979. The van der Waals surface area contributed by atoms with Crippen molar-refractivity contribution in [2.45, 2.75) is 45.4 Å². The van der Waals surface area contributed by atoms with Crippen molar-refractivity contribution < 1.29 is 9.53 Å². The fourth-order valence-corrected chi connectivity index (χ4v) is 3.87. The lowest BCUT2D eigenvalue weighted by molar-refractivity contribution is -0.120. The maximum Gasteiger partial charge on any atom is 0.137 e. The van der Waals surface area contributed by atoms with Crippen LogP contribution in [0.4, 0.5) is 5.69 Å². The highest BCUT2D eigenvalue weighted by Crippen LogP contribution is 2.40. The average molecular weight is 353 g/mol. The maximum absolute atomic E-state index is 12.4. The van der Waals surface area contributed by atoms with E-state index in [0.29, 0.717) is 22.4 Å². The van der Waals surface area contributed by atoms with Crippen LogP contribution in [-0.4, -0.2) is 37.4 Å². The number of hydrogen-bond donors (Lipinski definition) is 1. The molecule has 1 saturated heterocycles. The second-order valence-electron chi connectivity index (χ2n) is 6.74. The highest BCUT2D eigenvalue weighted by molar-refractivity contribution is 6.33. The van der Waals surface area contributed by atoms with E-state index in [1.807, 2.05) is 6.07 Å². The lowest BCUT2D eigenvalue weighted by Gasteiger charge is -2.36. The van der Waals surface area contributed by atoms with Gasteiger partial charge in [0.15, 0.2) is 0 Å². The molecular formula is C19H29ClN2O2. The minimum atomic E-state index is -0.175. The first-order valence-corrected chi connectivity index (χ1v) is 9.21. The second-order valence-corrected chi connectivity index (χ2v) is 7.14. The molecule has 4 nitrogen and oxygen atoms in total. The molecule has 1 aliphatic rings. The Hall–Kier alpha value is -1.26. The van der Waals surface area contributed by atoms with Gasteiger partial charge in [-0.1, -0.05) is 24.9 Å². The third-order valence-electron chi connectivity index (χ3n) is 5.05. The van der Waals surface area contributed by atoms with Gasteiger partial charge in [-0.15, -0.1) is 0 Å². The molecule has 0 spiro atoms. The Balaban J connectivity index is 2.19. The SMILES string of the molecule is CCCCN1CCC(C(C(C)=O)c2cc(Cl)c(N)cc2OC)CC1. The van der Waals surface area contributed by atoms with Crippen LogP contribution in [0.1, 0.15) is 51.0 Å². The van der Waals surface area contributed by atoms with Crippen LogP contribution in [-0.2, 0) is 4.79 Å². The lowest BCUT2D eigenvalue weighted by Crippen LogP contribution is -2.37. The molecular weight excluding hydrogens is 324 g/mol. The van der Waals surface area contributed by atoms with Crippen LogP contribution in [0.2, 0.25) is 5.02 Å². The zero-order valence-electron chi connectivity index (χ0n) is 15.0. The van der Waals surface area contributed by atoms with E-state index in [2.05, 4.69) is 11.8 Å². The molecule has 1 unspecified atom stereocenters. The van der Waals surface area contributed by atoms with Crippen LogP contribution < -0.4 is 10.5 Å². The molecule has 24 heavy (non-hydrogen) atoms. The topological polar surface area (TPSA) is 55.6 Å². The molecule has 1 aliphatic heterocycles. The summed E-state index contributed by atoms with van der Waals surface area (Å²) in [7, 11) is 1.61. The van der Waals surface area contributed by atoms with Crippen molar-refractivity contribution in [2.75, 3.05) is 32.5 Å². The molecule has 1 aromatic carbocycles. The number of likely N-dealkylation sites (tertiary alicyclic amines) is 1. The first kappa shape index (κ1) is 19.1. The van der Waals surface area contributed by atoms with Gasteiger partial charge in [0.1, 0.15) is 11.5 Å². The van der Waals surface area contributed by atoms with Crippen molar-refractivity contribution in [1.29, 1.82) is 0 Å². The zero-order chi connectivity index (χ0) is 17.7. The van der Waals surface area contributed by atoms with E-state index in [-0.39, 0.29) is 11.7 Å². The zero-order valence-corrected chi connectivity index (χ0v) is 15.7. The number of carbonyl (C=O) groups is 1. The molecule has 1 fully saturated rings. The monoisotopic (exact) mass is 352 g/mol. The van der Waals surface area contributed by atoms with Crippen LogP contribution in [0.3, 0.4) is 0 Å². The number of anilines is 1. The minimum Gasteiger partial charge on any atom is -0.496 e. The maximum atomic E-state index is 12.4. The van der Waals surface area contributed by atoms with Crippen molar-refractivity contribution in [3.05, 3.63) is 22.7 Å². The van der Waals surface area contributed by atoms with Crippen molar-refractivity contribution in [1.82, 2.24) is 4.90 Å². The van der Waals surface area contributed by atoms with Crippen molar-refractivity contribution in [3.8, 4) is 5.75 Å². The number of unbranched alkanes of at least 4 members (excludes halogenated alkanes) is 1. The number of rotatable bonds is 7. The molecule has 0 aliphatic carbocycles. The molecule has 0 amide bonds. The van der Waals surface area contributed by atoms with Gasteiger partial charge < -0.3 is 15.4 Å². The Morgan fingerprint density at radius 2 is 2.08 bits per heavy atom. The molecule has 0 aromatic heterocycles. The normalized spacial score (nSPS) is 17.7. The number of Topliss-reactive ketones (excluding diaryl/α,β-unsaturated/α-hetero) is 1. The average Bonchev–Trinajstić information content (AvgIpc) is 2.57. The Bertz CT molecular complexity index is 569. The minimum absolute atomic E-state index is 0.168. The Kier molecular flexibility index (Phi) is 6.93. The van der Waals surface area contributed by atoms with Crippen LogP contribution in [0, 0.1) is 5.92 Å². The molecule has 2 rings (SSSR count). The fraction of sp³-hybridized carbons (Fsp3) is 0.632. The summed E-state index contributed by atoms with van der Waals surface area (Å²) in [6, 6.07) is 3.54. The van der Waals surface area contributed by atoms with Crippen LogP contribution in [0.15, 0.2) is 12.1 Å². The van der Waals surface area contributed by atoms with Crippen molar-refractivity contribution in [3.63, 3.8) is 0 Å². The molecule has 1 aromatic rings. The molecule has 5 heteroatoms. The van der Waals surface area contributed by atoms with Gasteiger partial charge in [-0.2, -0.15) is 0 Å². The molecule has 0 bridgehead atoms. The predicted octanol–water partition coefficient (Wildman–Crippen LogP) is 4.12. The van der Waals surface area contributed by atoms with Gasteiger partial charge in [0.05, 0.1) is 17.8 Å². The molecule has 0 radical (unpaired) electrons. The van der Waals surface area contributed by atoms with Gasteiger partial charge in [-0.25, -0.2) is 0 Å². The predicted molar refractivity (Wildman–Crippen MR) is 99.9 cm³/mol. The van der Waals surface area contributed by atoms with Crippen LogP contribution in [0.25, 0.3) is 0 Å². The summed E-state index contributed by atoms with van der Waals surface area (Å²) in [5, 5.41) is 0.484. The highest BCUT2D eigenvalue weighted by Gasteiger charge is 2.32. The van der Waals surface area contributed by atoms with E-state index in [1.54, 1.807) is 20.1 Å². The summed E-state index contributed by atoms with van der Waals surface area (Å²) >= 11 is 6.21. The third-order valence-corrected chi connectivity index (χ3v) is 5.38. The van der Waals surface area contributed by atoms with Crippen LogP contribution in [0.5, 0.6) is 5.75 Å². The number of nitrogens with zero attached hydrogens (tertiary/aromatic N) is 1. The van der Waals surface area contributed by atoms with E-state index < -0.39 is 0 Å². The van der Waals surface area contributed by atoms with E-state index in [4.69, 9.17) is 22.1 Å². The van der Waals surface area contributed by atoms with Gasteiger partial charge in [-0.05, 0) is 57.8 Å². The number of halogens is 1. The Morgan fingerprint density at radius 1 is 1.42 bits per heavy atom. The van der Waals surface area contributed by atoms with E-state index in [1.165, 1.54) is 12.8 Å². The number of nitrogens with two attached hydrogens (primary N) is 1. The van der Waals surface area contributed by atoms with Crippen molar-refractivity contribution >= 4 is 23.1 Å². The fourth-order valence-electron chi connectivity index (χ4n) is 3.70. The molecule has 1 heterocycles. The quantitative estimate of drug-likeness (QED) is 0.750. The lowest BCUT2D eigenvalue weighted by atomic mass is 9.77. The van der Waals surface area contributed by atoms with Gasteiger partial charge in [-0.3, -0.25) is 4.79 Å². The second kappa shape index (κ2) is 8.72. The highest BCUT2D eigenvalue weighted by atomic mass is 35.5. The number of ketones is 1. The number of piperidine rings is 1. The summed E-state index contributed by atoms with van der Waals surface area (Å²) in [4.78, 5) is 14.9. The number of hydrogen-bond acceptors (Lipinski definition) is 4. The number of methoxy groups -OCH3 is 1. The molecule has 0 saturated carbocycles. The number of ether oxygens (including phenoxy) is 1. The van der Waals surface area contributed by atoms with E-state index >= 15 is 0 Å². The Labute approximate surface area is 150 Å². The van der Waals surface area contributed by atoms with Crippen molar-refractivity contribution in [2.24, 2.45) is 5.92 Å². The summed E-state index contributed by atoms with van der Waals surface area (Å²) in [6.07, 6.45) is 4.51. The van der Waals surface area contributed by atoms with Gasteiger partial charge in [0.25, 0.3) is 0 Å². The number of benzene rings is 1. The van der Waals surface area contributed by atoms with E-state index in [9.17, 15) is 4.79 Å². The summed E-state index contributed by atoms with van der Waals surface area (Å²) < 4.78 is 5.48. The molecule has 2 N–H and O–H groups in total. The molecule has 1 atom stereocenters. The van der Waals surface area contributed by atoms with E-state index in [0.717, 1.165) is 38.0 Å². The largest absolute Gasteiger partial charge is 0.496 e.